The first-order valence-electron chi connectivity index (χ1n) is 10.1. The van der Waals surface area contributed by atoms with E-state index in [2.05, 4.69) is 35.6 Å². The Balaban J connectivity index is 1.41. The molecule has 1 saturated heterocycles. The van der Waals surface area contributed by atoms with Crippen LogP contribution in [0.5, 0.6) is 0 Å². The van der Waals surface area contributed by atoms with Gasteiger partial charge in [-0.2, -0.15) is 4.98 Å². The summed E-state index contributed by atoms with van der Waals surface area (Å²) in [5, 5.41) is 9.75. The molecule has 156 valence electrons. The van der Waals surface area contributed by atoms with Crippen molar-refractivity contribution in [1.82, 2.24) is 25.4 Å². The summed E-state index contributed by atoms with van der Waals surface area (Å²) in [6.07, 6.45) is 7.40. The van der Waals surface area contributed by atoms with Gasteiger partial charge in [0.1, 0.15) is 11.9 Å². The van der Waals surface area contributed by atoms with Gasteiger partial charge in [-0.3, -0.25) is 4.98 Å². The first-order chi connectivity index (χ1) is 14.6. The van der Waals surface area contributed by atoms with Gasteiger partial charge in [0.15, 0.2) is 0 Å². The summed E-state index contributed by atoms with van der Waals surface area (Å²) in [7, 11) is 0. The molecule has 9 nitrogen and oxygen atoms in total. The number of aromatic nitrogens is 4. The number of hydrogen-bond donors (Lipinski definition) is 2. The minimum atomic E-state index is -0.431. The molecule has 4 rings (SSSR count). The summed E-state index contributed by atoms with van der Waals surface area (Å²) in [5.41, 5.74) is 1.38. The third-order valence-corrected chi connectivity index (χ3v) is 5.02. The topological polar surface area (TPSA) is 109 Å². The molecule has 2 amide bonds. The number of carbonyl (C=O) groups is 1. The minimum absolute atomic E-state index is 0.0496. The molecule has 0 aliphatic carbocycles. The van der Waals surface area contributed by atoms with Crippen LogP contribution in [0, 0.1) is 5.92 Å². The van der Waals surface area contributed by atoms with E-state index in [1.165, 1.54) is 12.8 Å². The Hall–Kier alpha value is -3.49. The highest BCUT2D eigenvalue weighted by Crippen LogP contribution is 2.24. The van der Waals surface area contributed by atoms with Crippen LogP contribution in [0.4, 0.5) is 16.3 Å². The molecular weight excluding hydrogens is 382 g/mol. The molecular formula is C21H25N7O2. The molecule has 1 fully saturated rings. The van der Waals surface area contributed by atoms with Crippen LogP contribution in [0.3, 0.4) is 0 Å². The van der Waals surface area contributed by atoms with Crippen molar-refractivity contribution in [2.24, 2.45) is 5.92 Å². The van der Waals surface area contributed by atoms with Gasteiger partial charge >= 0.3 is 6.03 Å². The Labute approximate surface area is 174 Å². The largest absolute Gasteiger partial charge is 0.357 e. The lowest BCUT2D eigenvalue weighted by Crippen LogP contribution is -2.35. The maximum Gasteiger partial charge on any atom is 0.319 e. The van der Waals surface area contributed by atoms with Crippen LogP contribution in [0.25, 0.3) is 11.4 Å². The van der Waals surface area contributed by atoms with Crippen LogP contribution in [0.2, 0.25) is 0 Å². The van der Waals surface area contributed by atoms with Gasteiger partial charge in [-0.05, 0) is 43.0 Å². The number of pyridine rings is 2. The third kappa shape index (κ3) is 4.56. The zero-order valence-corrected chi connectivity index (χ0v) is 17.1. The molecule has 30 heavy (non-hydrogen) atoms. The van der Waals surface area contributed by atoms with Gasteiger partial charge in [0.05, 0.1) is 11.9 Å². The lowest BCUT2D eigenvalue weighted by molar-refractivity contribution is 0.236. The minimum Gasteiger partial charge on any atom is -0.357 e. The van der Waals surface area contributed by atoms with Crippen molar-refractivity contribution in [3.63, 3.8) is 0 Å². The van der Waals surface area contributed by atoms with E-state index in [1.54, 1.807) is 24.7 Å². The lowest BCUT2D eigenvalue weighted by atomic mass is 10.0. The molecule has 1 unspecified atom stereocenters. The Morgan fingerprint density at radius 1 is 1.17 bits per heavy atom. The Bertz CT molecular complexity index is 967. The average Bonchev–Trinajstić information content (AvgIpc) is 3.45. The van der Waals surface area contributed by atoms with Crippen molar-refractivity contribution < 1.29 is 9.32 Å². The summed E-state index contributed by atoms with van der Waals surface area (Å²) >= 11 is 0. The molecule has 2 N–H and O–H groups in total. The van der Waals surface area contributed by atoms with Crippen LogP contribution in [0.15, 0.2) is 47.4 Å². The molecule has 1 aliphatic rings. The van der Waals surface area contributed by atoms with Crippen molar-refractivity contribution in [2.45, 2.75) is 32.7 Å². The number of amides is 2. The molecule has 0 bridgehead atoms. The fourth-order valence-corrected chi connectivity index (χ4v) is 3.39. The van der Waals surface area contributed by atoms with Gasteiger partial charge in [0.2, 0.25) is 11.7 Å². The molecule has 4 heterocycles. The van der Waals surface area contributed by atoms with Gasteiger partial charge < -0.3 is 20.1 Å². The average molecular weight is 407 g/mol. The van der Waals surface area contributed by atoms with Crippen molar-refractivity contribution in [3.8, 4) is 11.4 Å². The SMILES string of the molecule is CC(C)C(NC(=O)Nc1ccc(N2CCCC2)nc1)c1nc(-c2cccnc2)no1. The standard InChI is InChI=1S/C21H25N7O2/c1-14(2)18(20-26-19(27-30-20)15-6-5-9-22-12-15)25-21(29)24-16-7-8-17(23-13-16)28-10-3-4-11-28/h5-9,12-14,18H,3-4,10-11H2,1-2H3,(H2,24,25,29). The number of carbonyl (C=O) groups excluding carboxylic acids is 1. The van der Waals surface area contributed by atoms with Crippen LogP contribution in [0.1, 0.15) is 38.6 Å². The second kappa shape index (κ2) is 8.89. The van der Waals surface area contributed by atoms with Crippen LogP contribution in [-0.2, 0) is 0 Å². The molecule has 0 saturated carbocycles. The van der Waals surface area contributed by atoms with Crippen LogP contribution in [-0.4, -0.2) is 39.2 Å². The van der Waals surface area contributed by atoms with E-state index in [0.29, 0.717) is 17.4 Å². The highest BCUT2D eigenvalue weighted by atomic mass is 16.5. The number of hydrogen-bond acceptors (Lipinski definition) is 7. The Morgan fingerprint density at radius 2 is 2.00 bits per heavy atom. The number of urea groups is 1. The van der Waals surface area contributed by atoms with Crippen molar-refractivity contribution >= 4 is 17.5 Å². The Morgan fingerprint density at radius 3 is 2.67 bits per heavy atom. The molecule has 1 aliphatic heterocycles. The molecule has 3 aromatic heterocycles. The molecule has 0 aromatic carbocycles. The van der Waals surface area contributed by atoms with Gasteiger partial charge in [-0.15, -0.1) is 0 Å². The van der Waals surface area contributed by atoms with E-state index in [1.807, 2.05) is 32.0 Å². The van der Waals surface area contributed by atoms with Gasteiger partial charge in [-0.1, -0.05) is 19.0 Å². The van der Waals surface area contributed by atoms with E-state index >= 15 is 0 Å². The smallest absolute Gasteiger partial charge is 0.319 e. The molecule has 0 radical (unpaired) electrons. The lowest BCUT2D eigenvalue weighted by Gasteiger charge is -2.19. The summed E-state index contributed by atoms with van der Waals surface area (Å²) in [5.74, 6) is 1.77. The summed E-state index contributed by atoms with van der Waals surface area (Å²) < 4.78 is 5.42. The molecule has 0 spiro atoms. The first-order valence-corrected chi connectivity index (χ1v) is 10.1. The van der Waals surface area contributed by atoms with Crippen LogP contribution < -0.4 is 15.5 Å². The zero-order chi connectivity index (χ0) is 20.9. The Kier molecular flexibility index (Phi) is 5.87. The zero-order valence-electron chi connectivity index (χ0n) is 17.1. The van der Waals surface area contributed by atoms with E-state index in [-0.39, 0.29) is 11.9 Å². The maximum atomic E-state index is 12.6. The summed E-state index contributed by atoms with van der Waals surface area (Å²) in [6.45, 7) is 6.01. The van der Waals surface area contributed by atoms with Gasteiger partial charge in [0, 0.05) is 31.0 Å². The van der Waals surface area contributed by atoms with E-state index in [9.17, 15) is 4.79 Å². The number of rotatable bonds is 6. The van der Waals surface area contributed by atoms with Crippen molar-refractivity contribution in [1.29, 1.82) is 0 Å². The van der Waals surface area contributed by atoms with Gasteiger partial charge in [0.25, 0.3) is 0 Å². The van der Waals surface area contributed by atoms with Crippen molar-refractivity contribution in [2.75, 3.05) is 23.3 Å². The fraction of sp³-hybridized carbons (Fsp3) is 0.381. The number of anilines is 2. The molecule has 1 atom stereocenters. The number of nitrogens with zero attached hydrogens (tertiary/aromatic N) is 5. The quantitative estimate of drug-likeness (QED) is 0.642. The maximum absolute atomic E-state index is 12.6. The first kappa shape index (κ1) is 19.8. The molecule has 9 heteroatoms. The number of nitrogens with one attached hydrogen (secondary N) is 2. The predicted molar refractivity (Wildman–Crippen MR) is 113 cm³/mol. The van der Waals surface area contributed by atoms with E-state index in [4.69, 9.17) is 4.52 Å². The van der Waals surface area contributed by atoms with E-state index in [0.717, 1.165) is 24.5 Å². The third-order valence-electron chi connectivity index (χ3n) is 5.02. The van der Waals surface area contributed by atoms with Gasteiger partial charge in [-0.25, -0.2) is 9.78 Å². The normalized spacial score (nSPS) is 14.7. The second-order valence-corrected chi connectivity index (χ2v) is 7.62. The monoisotopic (exact) mass is 407 g/mol. The highest BCUT2D eigenvalue weighted by molar-refractivity contribution is 5.89. The molecule has 3 aromatic rings. The van der Waals surface area contributed by atoms with Crippen LogP contribution >= 0.6 is 0 Å². The highest BCUT2D eigenvalue weighted by Gasteiger charge is 2.25. The summed E-state index contributed by atoms with van der Waals surface area (Å²) in [6, 6.07) is 6.66. The second-order valence-electron chi connectivity index (χ2n) is 7.62. The predicted octanol–water partition coefficient (Wildman–Crippen LogP) is 3.65. The van der Waals surface area contributed by atoms with E-state index < -0.39 is 6.04 Å². The summed E-state index contributed by atoms with van der Waals surface area (Å²) in [4.78, 5) is 27.8. The van der Waals surface area contributed by atoms with Crippen molar-refractivity contribution in [3.05, 3.63) is 48.7 Å². The fourth-order valence-electron chi connectivity index (χ4n) is 3.39.